The van der Waals surface area contributed by atoms with Crippen molar-refractivity contribution >= 4 is 11.6 Å². The Kier molecular flexibility index (Phi) is 3.88. The van der Waals surface area contributed by atoms with Gasteiger partial charge in [-0.2, -0.15) is 0 Å². The van der Waals surface area contributed by atoms with Gasteiger partial charge in [-0.15, -0.1) is 0 Å². The number of rotatable bonds is 2. The van der Waals surface area contributed by atoms with E-state index in [-0.39, 0.29) is 0 Å². The molecular formula is C14H20ClN. The topological polar surface area (TPSA) is 12.0 Å². The highest BCUT2D eigenvalue weighted by Crippen LogP contribution is 2.31. The molecule has 1 aromatic rings. The van der Waals surface area contributed by atoms with Crippen LogP contribution in [0.15, 0.2) is 18.2 Å². The zero-order chi connectivity index (χ0) is 11.5. The number of nitrogens with one attached hydrogen (secondary N) is 1. The van der Waals surface area contributed by atoms with E-state index in [1.807, 2.05) is 0 Å². The second kappa shape index (κ2) is 5.20. The fourth-order valence-electron chi connectivity index (χ4n) is 2.42. The van der Waals surface area contributed by atoms with Crippen LogP contribution in [0.5, 0.6) is 0 Å². The highest BCUT2D eigenvalue weighted by molar-refractivity contribution is 6.31. The number of hydrogen-bond donors (Lipinski definition) is 1. The zero-order valence-electron chi connectivity index (χ0n) is 10.1. The van der Waals surface area contributed by atoms with E-state index in [1.54, 1.807) is 0 Å². The average molecular weight is 238 g/mol. The minimum absolute atomic E-state index is 0.509. The molecule has 88 valence electrons. The maximum absolute atomic E-state index is 6.33. The summed E-state index contributed by atoms with van der Waals surface area (Å²) >= 11 is 6.33. The lowest BCUT2D eigenvalue weighted by atomic mass is 9.89. The van der Waals surface area contributed by atoms with Gasteiger partial charge < -0.3 is 5.32 Å². The summed E-state index contributed by atoms with van der Waals surface area (Å²) in [5.74, 6) is 1.20. The van der Waals surface area contributed by atoms with Gasteiger partial charge in [0.2, 0.25) is 0 Å². The summed E-state index contributed by atoms with van der Waals surface area (Å²) < 4.78 is 0. The summed E-state index contributed by atoms with van der Waals surface area (Å²) in [6.45, 7) is 6.64. The zero-order valence-corrected chi connectivity index (χ0v) is 10.8. The van der Waals surface area contributed by atoms with Gasteiger partial charge in [0.15, 0.2) is 0 Å². The molecule has 0 aromatic heterocycles. The minimum atomic E-state index is 0.509. The van der Waals surface area contributed by atoms with E-state index in [1.165, 1.54) is 24.0 Å². The van der Waals surface area contributed by atoms with Gasteiger partial charge in [-0.25, -0.2) is 0 Å². The molecule has 0 aliphatic carbocycles. The first-order chi connectivity index (χ1) is 7.68. The lowest BCUT2D eigenvalue weighted by Crippen LogP contribution is -2.26. The Morgan fingerprint density at radius 1 is 1.25 bits per heavy atom. The lowest BCUT2D eigenvalue weighted by Gasteiger charge is -2.23. The van der Waals surface area contributed by atoms with E-state index >= 15 is 0 Å². The van der Waals surface area contributed by atoms with Gasteiger partial charge in [-0.05, 0) is 55.0 Å². The first-order valence-corrected chi connectivity index (χ1v) is 6.56. The normalized spacial score (nSPS) is 18.0. The minimum Gasteiger partial charge on any atom is -0.317 e. The third kappa shape index (κ3) is 2.58. The molecule has 0 amide bonds. The van der Waals surface area contributed by atoms with Gasteiger partial charge in [0.05, 0.1) is 0 Å². The molecule has 1 aliphatic rings. The highest BCUT2D eigenvalue weighted by Gasteiger charge is 2.16. The lowest BCUT2D eigenvalue weighted by molar-refractivity contribution is 0.460. The highest BCUT2D eigenvalue weighted by atomic mass is 35.5. The summed E-state index contributed by atoms with van der Waals surface area (Å²) in [5, 5.41) is 4.33. The predicted octanol–water partition coefficient (Wildman–Crippen LogP) is 3.93. The summed E-state index contributed by atoms with van der Waals surface area (Å²) in [7, 11) is 0. The summed E-state index contributed by atoms with van der Waals surface area (Å²) in [4.78, 5) is 0. The van der Waals surface area contributed by atoms with E-state index in [0.29, 0.717) is 11.8 Å². The van der Waals surface area contributed by atoms with Crippen LogP contribution in [0.3, 0.4) is 0 Å². The quantitative estimate of drug-likeness (QED) is 0.822. The van der Waals surface area contributed by atoms with Crippen LogP contribution < -0.4 is 5.32 Å². The summed E-state index contributed by atoms with van der Waals surface area (Å²) in [6.07, 6.45) is 2.47. The molecule has 16 heavy (non-hydrogen) atoms. The van der Waals surface area contributed by atoms with E-state index in [9.17, 15) is 0 Å². The molecule has 0 saturated carbocycles. The van der Waals surface area contributed by atoms with Crippen molar-refractivity contribution < 1.29 is 0 Å². The number of benzene rings is 1. The van der Waals surface area contributed by atoms with Crippen molar-refractivity contribution in [2.45, 2.75) is 38.5 Å². The Hall–Kier alpha value is -0.530. The molecule has 0 unspecified atom stereocenters. The van der Waals surface area contributed by atoms with Crippen molar-refractivity contribution in [2.24, 2.45) is 0 Å². The first kappa shape index (κ1) is 11.9. The molecule has 0 bridgehead atoms. The Bertz CT molecular complexity index is 354. The SMILES string of the molecule is CC(C)c1ccc(C2CCNCC2)cc1Cl. The second-order valence-electron chi connectivity index (χ2n) is 4.96. The van der Waals surface area contributed by atoms with E-state index in [2.05, 4.69) is 37.4 Å². The van der Waals surface area contributed by atoms with Crippen molar-refractivity contribution in [2.75, 3.05) is 13.1 Å². The molecule has 0 atom stereocenters. The van der Waals surface area contributed by atoms with Gasteiger partial charge in [0, 0.05) is 5.02 Å². The number of halogens is 1. The van der Waals surface area contributed by atoms with Crippen LogP contribution in [0.1, 0.15) is 49.7 Å². The molecule has 2 heteroatoms. The summed E-state index contributed by atoms with van der Waals surface area (Å²) in [6, 6.07) is 6.63. The van der Waals surface area contributed by atoms with E-state index in [0.717, 1.165) is 18.1 Å². The molecule has 1 aliphatic heterocycles. The monoisotopic (exact) mass is 237 g/mol. The van der Waals surface area contributed by atoms with Gasteiger partial charge in [0.25, 0.3) is 0 Å². The van der Waals surface area contributed by atoms with Crippen molar-refractivity contribution in [1.29, 1.82) is 0 Å². The van der Waals surface area contributed by atoms with Crippen LogP contribution in [0.25, 0.3) is 0 Å². The molecule has 1 fully saturated rings. The number of hydrogen-bond acceptors (Lipinski definition) is 1. The third-order valence-corrected chi connectivity index (χ3v) is 3.78. The molecule has 1 N–H and O–H groups in total. The largest absolute Gasteiger partial charge is 0.317 e. The fourth-order valence-corrected chi connectivity index (χ4v) is 2.83. The van der Waals surface area contributed by atoms with Gasteiger partial charge in [-0.1, -0.05) is 37.6 Å². The van der Waals surface area contributed by atoms with Gasteiger partial charge >= 0.3 is 0 Å². The predicted molar refractivity (Wildman–Crippen MR) is 70.4 cm³/mol. The number of piperidine rings is 1. The van der Waals surface area contributed by atoms with Crippen LogP contribution in [0.4, 0.5) is 0 Å². The van der Waals surface area contributed by atoms with E-state index < -0.39 is 0 Å². The van der Waals surface area contributed by atoms with Crippen molar-refractivity contribution in [3.05, 3.63) is 34.3 Å². The average Bonchev–Trinajstić information content (AvgIpc) is 2.29. The van der Waals surface area contributed by atoms with Crippen molar-refractivity contribution in [3.63, 3.8) is 0 Å². The van der Waals surface area contributed by atoms with Crippen LogP contribution in [-0.4, -0.2) is 13.1 Å². The summed E-state index contributed by atoms with van der Waals surface area (Å²) in [5.41, 5.74) is 2.68. The van der Waals surface area contributed by atoms with E-state index in [4.69, 9.17) is 11.6 Å². The molecular weight excluding hydrogens is 218 g/mol. The maximum Gasteiger partial charge on any atom is 0.0443 e. The van der Waals surface area contributed by atoms with Crippen molar-refractivity contribution in [3.8, 4) is 0 Å². The van der Waals surface area contributed by atoms with Crippen LogP contribution in [-0.2, 0) is 0 Å². The van der Waals surface area contributed by atoms with Crippen LogP contribution >= 0.6 is 11.6 Å². The fraction of sp³-hybridized carbons (Fsp3) is 0.571. The molecule has 1 nitrogen and oxygen atoms in total. The molecule has 0 spiro atoms. The van der Waals surface area contributed by atoms with Crippen LogP contribution in [0, 0.1) is 0 Å². The molecule has 1 saturated heterocycles. The Labute approximate surface area is 103 Å². The Morgan fingerprint density at radius 3 is 2.50 bits per heavy atom. The van der Waals surface area contributed by atoms with Gasteiger partial charge in [-0.3, -0.25) is 0 Å². The maximum atomic E-state index is 6.33. The molecule has 0 radical (unpaired) electrons. The van der Waals surface area contributed by atoms with Crippen LogP contribution in [0.2, 0.25) is 5.02 Å². The molecule has 2 rings (SSSR count). The Balaban J connectivity index is 2.19. The third-order valence-electron chi connectivity index (χ3n) is 3.46. The Morgan fingerprint density at radius 2 is 1.94 bits per heavy atom. The molecule has 1 heterocycles. The second-order valence-corrected chi connectivity index (χ2v) is 5.37. The van der Waals surface area contributed by atoms with Gasteiger partial charge in [0.1, 0.15) is 0 Å². The first-order valence-electron chi connectivity index (χ1n) is 6.18. The standard InChI is InChI=1S/C14H20ClN/c1-10(2)13-4-3-12(9-14(13)15)11-5-7-16-8-6-11/h3-4,9-11,16H,5-8H2,1-2H3. The smallest absolute Gasteiger partial charge is 0.0443 e. The van der Waals surface area contributed by atoms with Crippen molar-refractivity contribution in [1.82, 2.24) is 5.32 Å². The molecule has 1 aromatic carbocycles.